The van der Waals surface area contributed by atoms with E-state index in [-0.39, 0.29) is 0 Å². The van der Waals surface area contributed by atoms with Crippen molar-refractivity contribution >= 4 is 23.3 Å². The lowest BCUT2D eigenvalue weighted by molar-refractivity contribution is 0.616. The third-order valence-corrected chi connectivity index (χ3v) is 6.82. The highest BCUT2D eigenvalue weighted by Gasteiger charge is 2.05. The third-order valence-electron chi connectivity index (χ3n) is 6.82. The zero-order valence-corrected chi connectivity index (χ0v) is 24.5. The summed E-state index contributed by atoms with van der Waals surface area (Å²) in [7, 11) is 0. The van der Waals surface area contributed by atoms with E-state index in [0.29, 0.717) is 0 Å². The van der Waals surface area contributed by atoms with E-state index in [4.69, 9.17) is 9.98 Å². The maximum Gasteiger partial charge on any atom is 0.0665 e. The Morgan fingerprint density at radius 3 is 1.79 bits per heavy atom. The van der Waals surface area contributed by atoms with E-state index in [2.05, 4.69) is 93.6 Å². The van der Waals surface area contributed by atoms with Crippen molar-refractivity contribution in [1.82, 2.24) is 0 Å². The smallest absolute Gasteiger partial charge is 0.0665 e. The van der Waals surface area contributed by atoms with Gasteiger partial charge in [-0.3, -0.25) is 9.98 Å². The summed E-state index contributed by atoms with van der Waals surface area (Å²) in [4.78, 5) is 10.2. The second-order valence-electron chi connectivity index (χ2n) is 10.2. The predicted molar refractivity (Wildman–Crippen MR) is 171 cm³/mol. The van der Waals surface area contributed by atoms with Gasteiger partial charge in [0.2, 0.25) is 0 Å². The van der Waals surface area contributed by atoms with Crippen molar-refractivity contribution in [3.8, 4) is 0 Å². The van der Waals surface area contributed by atoms with Crippen LogP contribution in [0.25, 0.3) is 0 Å². The fraction of sp³-hybridized carbons (Fsp3) is 0.500. The molecule has 0 radical (unpaired) electrons. The molecule has 2 nitrogen and oxygen atoms in total. The van der Waals surface area contributed by atoms with Gasteiger partial charge in [-0.2, -0.15) is 0 Å². The minimum Gasteiger partial charge on any atom is -0.255 e. The van der Waals surface area contributed by atoms with Crippen LogP contribution in [0.3, 0.4) is 0 Å². The summed E-state index contributed by atoms with van der Waals surface area (Å²) in [6, 6.07) is 17.3. The zero-order chi connectivity index (χ0) is 27.1. The summed E-state index contributed by atoms with van der Waals surface area (Å²) in [5.41, 5.74) is 5.95. The summed E-state index contributed by atoms with van der Waals surface area (Å²) < 4.78 is 0. The highest BCUT2D eigenvalue weighted by Crippen LogP contribution is 2.24. The molecule has 0 aliphatic heterocycles. The first-order valence-electron chi connectivity index (χ1n) is 15.4. The van der Waals surface area contributed by atoms with Crippen molar-refractivity contribution in [1.29, 1.82) is 0 Å². The van der Waals surface area contributed by atoms with Gasteiger partial charge in [-0.1, -0.05) is 114 Å². The van der Waals surface area contributed by atoms with E-state index in [0.717, 1.165) is 74.9 Å². The topological polar surface area (TPSA) is 24.7 Å². The highest BCUT2D eigenvalue weighted by molar-refractivity contribution is 6.31. The fourth-order valence-corrected chi connectivity index (χ4v) is 4.60. The average molecular weight is 513 g/mol. The summed E-state index contributed by atoms with van der Waals surface area (Å²) in [5.74, 6) is 0. The molecule has 0 fully saturated rings. The Labute approximate surface area is 234 Å². The van der Waals surface area contributed by atoms with Gasteiger partial charge in [0.1, 0.15) is 0 Å². The molecule has 0 spiro atoms. The number of hydrogen-bond donors (Lipinski definition) is 0. The van der Waals surface area contributed by atoms with Gasteiger partial charge < -0.3 is 0 Å². The van der Waals surface area contributed by atoms with Gasteiger partial charge in [-0.05, 0) is 87.5 Å². The summed E-state index contributed by atoms with van der Waals surface area (Å²) in [6.07, 6.45) is 28.8. The van der Waals surface area contributed by atoms with Gasteiger partial charge in [0, 0.05) is 6.21 Å². The van der Waals surface area contributed by atoms with Gasteiger partial charge >= 0.3 is 0 Å². The molecule has 0 aliphatic rings. The number of allylic oxidation sites excluding steroid dienone is 4. The molecular weight excluding hydrogens is 460 g/mol. The van der Waals surface area contributed by atoms with Crippen molar-refractivity contribution in [2.24, 2.45) is 9.98 Å². The van der Waals surface area contributed by atoms with Gasteiger partial charge in [-0.15, -0.1) is 0 Å². The molecule has 38 heavy (non-hydrogen) atoms. The number of aliphatic imine (C=N–C) groups is 2. The Balaban J connectivity index is 2.17. The van der Waals surface area contributed by atoms with Gasteiger partial charge in [0.05, 0.1) is 17.1 Å². The first kappa shape index (κ1) is 31.5. The lowest BCUT2D eigenvalue weighted by Crippen LogP contribution is -2.01. The molecule has 0 aliphatic carbocycles. The predicted octanol–water partition coefficient (Wildman–Crippen LogP) is 11.5. The molecule has 0 saturated heterocycles. The lowest BCUT2D eigenvalue weighted by atomic mass is 10.0. The molecule has 2 aromatic carbocycles. The largest absolute Gasteiger partial charge is 0.255 e. The van der Waals surface area contributed by atoms with Crippen LogP contribution in [0.4, 0.5) is 11.4 Å². The molecule has 0 saturated carbocycles. The standard InChI is InChI=1S/C36H52N2/c1-4-7-10-13-16-19-28-34(38-36-30-23-21-27-33(36)25-18-15-12-9-6-3)31-37-35-29-22-20-26-32(35)24-17-14-11-8-5-2/h8-9,11-12,20-23,26-27,29-31H,4-7,10,13-19,24-25,28H2,1-3H3/b11-8+,12-9+,37-31?,38-34?. The van der Waals surface area contributed by atoms with Crippen molar-refractivity contribution in [2.75, 3.05) is 0 Å². The van der Waals surface area contributed by atoms with E-state index < -0.39 is 0 Å². The molecule has 0 amide bonds. The van der Waals surface area contributed by atoms with E-state index >= 15 is 0 Å². The van der Waals surface area contributed by atoms with Crippen LogP contribution in [0.1, 0.15) is 115 Å². The van der Waals surface area contributed by atoms with Crippen molar-refractivity contribution < 1.29 is 0 Å². The molecule has 206 valence electrons. The van der Waals surface area contributed by atoms with E-state index in [9.17, 15) is 0 Å². The monoisotopic (exact) mass is 512 g/mol. The Bertz CT molecular complexity index is 996. The third kappa shape index (κ3) is 13.7. The van der Waals surface area contributed by atoms with E-state index in [1.54, 1.807) is 0 Å². The van der Waals surface area contributed by atoms with Crippen LogP contribution >= 0.6 is 0 Å². The van der Waals surface area contributed by atoms with Crippen LogP contribution < -0.4 is 0 Å². The SMILES string of the molecule is CC/C=C/CCCc1ccccc1N=CC(CCCCCCCC)=Nc1ccccc1CCC/C=C/CC. The number of unbranched alkanes of at least 4 members (excludes halogenated alkanes) is 7. The van der Waals surface area contributed by atoms with Crippen LogP contribution in [-0.4, -0.2) is 11.9 Å². The van der Waals surface area contributed by atoms with E-state index in [1.165, 1.54) is 49.7 Å². The second-order valence-corrected chi connectivity index (χ2v) is 10.2. The van der Waals surface area contributed by atoms with Crippen molar-refractivity contribution in [3.05, 3.63) is 84.0 Å². The fourth-order valence-electron chi connectivity index (χ4n) is 4.60. The number of hydrogen-bond acceptors (Lipinski definition) is 2. The average Bonchev–Trinajstić information content (AvgIpc) is 2.94. The maximum absolute atomic E-state index is 5.19. The summed E-state index contributed by atoms with van der Waals surface area (Å²) >= 11 is 0. The number of aryl methyl sites for hydroxylation is 2. The normalized spacial score (nSPS) is 12.4. The molecule has 2 rings (SSSR count). The Hall–Kier alpha value is -2.74. The van der Waals surface area contributed by atoms with Crippen molar-refractivity contribution in [2.45, 2.75) is 117 Å². The van der Waals surface area contributed by atoms with Crippen LogP contribution in [0.5, 0.6) is 0 Å². The minimum atomic E-state index is 0.979. The van der Waals surface area contributed by atoms with Gasteiger partial charge in [0.25, 0.3) is 0 Å². The molecular formula is C36H52N2. The minimum absolute atomic E-state index is 0.979. The number of benzene rings is 2. The lowest BCUT2D eigenvalue weighted by Gasteiger charge is -2.08. The molecule has 0 unspecified atom stereocenters. The first-order valence-corrected chi connectivity index (χ1v) is 15.4. The highest BCUT2D eigenvalue weighted by atomic mass is 14.8. The molecule has 2 aromatic rings. The maximum atomic E-state index is 5.19. The Morgan fingerprint density at radius 2 is 1.16 bits per heavy atom. The molecule has 0 atom stereocenters. The summed E-state index contributed by atoms with van der Waals surface area (Å²) in [5, 5.41) is 0. The second kappa shape index (κ2) is 21.2. The number of nitrogens with zero attached hydrogens (tertiary/aromatic N) is 2. The number of para-hydroxylation sites is 2. The zero-order valence-electron chi connectivity index (χ0n) is 24.5. The molecule has 0 bridgehead atoms. The Kier molecular flexibility index (Phi) is 17.6. The molecule has 0 N–H and O–H groups in total. The summed E-state index contributed by atoms with van der Waals surface area (Å²) in [6.45, 7) is 6.66. The van der Waals surface area contributed by atoms with Crippen LogP contribution in [0, 0.1) is 0 Å². The van der Waals surface area contributed by atoms with Crippen LogP contribution in [0.15, 0.2) is 82.8 Å². The quantitative estimate of drug-likeness (QED) is 0.0957. The molecule has 0 aromatic heterocycles. The van der Waals surface area contributed by atoms with Crippen LogP contribution in [-0.2, 0) is 12.8 Å². The van der Waals surface area contributed by atoms with E-state index in [1.807, 2.05) is 6.21 Å². The number of rotatable bonds is 20. The van der Waals surface area contributed by atoms with Gasteiger partial charge in [0.15, 0.2) is 0 Å². The van der Waals surface area contributed by atoms with Gasteiger partial charge in [-0.25, -0.2) is 0 Å². The van der Waals surface area contributed by atoms with Crippen LogP contribution in [0.2, 0.25) is 0 Å². The Morgan fingerprint density at radius 1 is 0.605 bits per heavy atom. The molecule has 0 heterocycles. The van der Waals surface area contributed by atoms with Crippen molar-refractivity contribution in [3.63, 3.8) is 0 Å². The molecule has 2 heteroatoms. The first-order chi connectivity index (χ1) is 18.8.